The molecule has 0 aliphatic heterocycles. The van der Waals surface area contributed by atoms with Crippen LogP contribution in [0, 0.1) is 0 Å². The Bertz CT molecular complexity index is 2260. The first-order chi connectivity index (χ1) is 26.5. The number of allylic oxidation sites excluding steroid dienone is 4. The third-order valence-corrected chi connectivity index (χ3v) is 47.6. The molecule has 0 N–H and O–H groups in total. The van der Waals surface area contributed by atoms with Crippen LogP contribution >= 0.6 is 17.0 Å². The van der Waals surface area contributed by atoms with Gasteiger partial charge in [-0.15, -0.1) is 0 Å². The Kier molecular flexibility index (Phi) is 10.8. The zero-order valence-corrected chi connectivity index (χ0v) is 42.6. The Morgan fingerprint density at radius 1 is 0.500 bits per heavy atom. The van der Waals surface area contributed by atoms with Crippen LogP contribution in [0.25, 0.3) is 33.4 Å². The topological polar surface area (TPSA) is 0 Å². The molecular weight excluding hydrogens is 823 g/mol. The quantitative estimate of drug-likeness (QED) is 0.149. The number of hydrogen-bond acceptors (Lipinski definition) is 0. The van der Waals surface area contributed by atoms with Gasteiger partial charge in [0.05, 0.1) is 0 Å². The molecule has 0 saturated heterocycles. The number of fused-ring (bicyclic) bond motifs is 3. The van der Waals surface area contributed by atoms with Gasteiger partial charge >= 0.3 is 358 Å². The van der Waals surface area contributed by atoms with Crippen LogP contribution in [0.4, 0.5) is 0 Å². The Morgan fingerprint density at radius 3 is 1.14 bits per heavy atom. The van der Waals surface area contributed by atoms with Crippen molar-refractivity contribution in [1.82, 2.24) is 0 Å². The summed E-state index contributed by atoms with van der Waals surface area (Å²) in [5.74, 6) is 0. The zero-order valence-electron chi connectivity index (χ0n) is 38.6. The van der Waals surface area contributed by atoms with Crippen molar-refractivity contribution in [3.63, 3.8) is 0 Å². The first kappa shape index (κ1) is 45.2. The molecule has 3 heteroatoms. The summed E-state index contributed by atoms with van der Waals surface area (Å²) in [4.78, 5) is 0. The fourth-order valence-electron chi connectivity index (χ4n) is 11.0. The van der Waals surface area contributed by atoms with E-state index in [-0.39, 0.29) is 28.9 Å². The van der Waals surface area contributed by atoms with Gasteiger partial charge < -0.3 is 0 Å². The van der Waals surface area contributed by atoms with E-state index >= 15 is 0 Å². The Balaban J connectivity index is 1.82. The molecule has 0 nitrogen and oxygen atoms in total. The van der Waals surface area contributed by atoms with Crippen molar-refractivity contribution in [3.8, 4) is 33.4 Å². The molecule has 0 radical (unpaired) electrons. The van der Waals surface area contributed by atoms with Crippen molar-refractivity contribution in [2.45, 2.75) is 160 Å². The van der Waals surface area contributed by atoms with Gasteiger partial charge in [0.1, 0.15) is 0 Å². The summed E-state index contributed by atoms with van der Waals surface area (Å²) >= 11 is -6.51. The molecular formula is C55H74Cl2Zr. The Morgan fingerprint density at radius 2 is 0.845 bits per heavy atom. The summed E-state index contributed by atoms with van der Waals surface area (Å²) < 4.78 is 6.70. The minimum atomic E-state index is -6.51. The van der Waals surface area contributed by atoms with Crippen LogP contribution in [0.2, 0.25) is 11.9 Å². The van der Waals surface area contributed by atoms with Gasteiger partial charge in [-0.2, -0.15) is 0 Å². The number of halogens is 2. The second-order valence-electron chi connectivity index (χ2n) is 23.5. The second-order valence-corrected chi connectivity index (χ2v) is 64.0. The molecule has 2 aliphatic carbocycles. The summed E-state index contributed by atoms with van der Waals surface area (Å²) in [5, 5.41) is 0. The molecule has 4 aromatic rings. The zero-order chi connectivity index (χ0) is 43.0. The van der Waals surface area contributed by atoms with Crippen molar-refractivity contribution in [3.05, 3.63) is 130 Å². The Labute approximate surface area is 355 Å². The van der Waals surface area contributed by atoms with Gasteiger partial charge in [0.15, 0.2) is 0 Å². The summed E-state index contributed by atoms with van der Waals surface area (Å²) in [7, 11) is 18.6. The molecule has 2 aliphatic rings. The molecule has 0 fully saturated rings. The first-order valence-electron chi connectivity index (χ1n) is 22.4. The molecule has 0 spiro atoms. The van der Waals surface area contributed by atoms with Crippen LogP contribution in [0.15, 0.2) is 97.1 Å². The third-order valence-electron chi connectivity index (χ3n) is 14.7. The predicted molar refractivity (Wildman–Crippen MR) is 260 cm³/mol. The number of unbranched alkanes of at least 4 members (excludes halogenated alkanes) is 2. The molecule has 0 saturated carbocycles. The van der Waals surface area contributed by atoms with Gasteiger partial charge in [-0.1, -0.05) is 0 Å². The number of hydrogen-bond donors (Lipinski definition) is 0. The molecule has 58 heavy (non-hydrogen) atoms. The number of benzene rings is 4. The van der Waals surface area contributed by atoms with E-state index in [4.69, 9.17) is 4.21 Å². The third kappa shape index (κ3) is 7.53. The van der Waals surface area contributed by atoms with E-state index in [1.807, 2.05) is 0 Å². The average molecular weight is 897 g/mol. The van der Waals surface area contributed by atoms with E-state index in [2.05, 4.69) is 194 Å². The van der Waals surface area contributed by atoms with Crippen molar-refractivity contribution in [2.75, 3.05) is 0 Å². The van der Waals surface area contributed by atoms with Crippen LogP contribution in [0.5, 0.6) is 0 Å². The van der Waals surface area contributed by atoms with Crippen molar-refractivity contribution < 1.29 is 12.9 Å². The van der Waals surface area contributed by atoms with Crippen LogP contribution in [0.3, 0.4) is 0 Å². The van der Waals surface area contributed by atoms with Crippen LogP contribution in [-0.2, 0) is 34.6 Å². The van der Waals surface area contributed by atoms with E-state index < -0.39 is 12.9 Å². The van der Waals surface area contributed by atoms with E-state index in [1.54, 1.807) is 0 Å². The standard InChI is InChI=1S/C41H49.C5H5.2C4H9.CH2.2ClH.Zr/c1-38(2,3)30-17-13-26(14-18-30)34-22-28-21-29-23-35(27-15-19-31(20-16-27)39(4,5)6)37(41(10,11)12)25-33(29)32(28)24-36(34)40(7,8)9;1-2-4-5-3-1;2*1-3-4-2;;;;/h13-25H,1-12H3;1-5H;2*1,3-4H2,2H3;1H2;2*1H;/q;;;;;;;+2/p-2. The second kappa shape index (κ2) is 13.9. The van der Waals surface area contributed by atoms with Crippen molar-refractivity contribution >= 4 is 21.2 Å². The molecule has 4 aromatic carbocycles. The van der Waals surface area contributed by atoms with Gasteiger partial charge in [0.2, 0.25) is 0 Å². The Hall–Kier alpha value is -2.31. The molecule has 0 heterocycles. The molecule has 0 amide bonds. The average Bonchev–Trinajstić information content (AvgIpc) is 3.80. The maximum atomic E-state index is 9.28. The van der Waals surface area contributed by atoms with Gasteiger partial charge in [-0.05, 0) is 0 Å². The molecule has 0 aromatic heterocycles. The van der Waals surface area contributed by atoms with Gasteiger partial charge in [0, 0.05) is 0 Å². The van der Waals surface area contributed by atoms with E-state index in [0.717, 1.165) is 33.9 Å². The predicted octanol–water partition coefficient (Wildman–Crippen LogP) is 18.1. The van der Waals surface area contributed by atoms with Crippen molar-refractivity contribution in [2.24, 2.45) is 0 Å². The molecule has 312 valence electrons. The minimum absolute atomic E-state index is 0.0655. The number of rotatable bonds is 10. The fourth-order valence-corrected chi connectivity index (χ4v) is 41.1. The summed E-state index contributed by atoms with van der Waals surface area (Å²) in [6.07, 6.45) is 12.9. The van der Waals surface area contributed by atoms with E-state index in [9.17, 15) is 17.0 Å². The monoisotopic (exact) mass is 894 g/mol. The maximum absolute atomic E-state index is 9.28. The molecule has 0 unspecified atom stereocenters. The normalized spacial score (nSPS) is 17.1. The van der Waals surface area contributed by atoms with Crippen LogP contribution < -0.4 is 0 Å². The van der Waals surface area contributed by atoms with E-state index in [1.165, 1.54) is 66.8 Å². The van der Waals surface area contributed by atoms with Crippen LogP contribution in [0.1, 0.15) is 160 Å². The molecule has 6 rings (SSSR count). The van der Waals surface area contributed by atoms with Crippen molar-refractivity contribution in [1.29, 1.82) is 0 Å². The van der Waals surface area contributed by atoms with Crippen LogP contribution in [-0.4, -0.2) is 4.21 Å². The SMILES string of the molecule is [CH2]=[Zr]([Cl])([Cl])([CH2]CCC)([CH2]CCC)([CH]1C=CC=C1)[CH]1c2cc(-c3ccc(C(C)(C)C)cc3)c(C(C)(C)C)cc2-c2cc(C(C)(C)C)c(-c3ccc(C(C)(C)C)cc3)cc21. The van der Waals surface area contributed by atoms with Gasteiger partial charge in [-0.3, -0.25) is 0 Å². The summed E-state index contributed by atoms with van der Waals surface area (Å²) in [6, 6.07) is 28.8. The fraction of sp³-hybridized carbons (Fsp3) is 0.473. The molecule has 0 atom stereocenters. The summed E-state index contributed by atoms with van der Waals surface area (Å²) in [6.45, 7) is 32.4. The van der Waals surface area contributed by atoms with E-state index in [0.29, 0.717) is 0 Å². The summed E-state index contributed by atoms with van der Waals surface area (Å²) in [5.41, 5.74) is 15.3. The molecule has 0 bridgehead atoms. The first-order valence-corrected chi connectivity index (χ1v) is 36.8. The van der Waals surface area contributed by atoms with Gasteiger partial charge in [-0.25, -0.2) is 0 Å². The van der Waals surface area contributed by atoms with Gasteiger partial charge in [0.25, 0.3) is 0 Å².